The quantitative estimate of drug-likeness (QED) is 0.502. The normalized spacial score (nSPS) is 20.4. The molecule has 0 amide bonds. The monoisotopic (exact) mass is 511 g/mol. The van der Waals surface area contributed by atoms with Crippen molar-refractivity contribution in [1.82, 2.24) is 5.32 Å². The van der Waals surface area contributed by atoms with Crippen LogP contribution in [0.2, 0.25) is 5.02 Å². The number of halogens is 2. The molecule has 0 aromatic heterocycles. The third kappa shape index (κ3) is 3.94. The van der Waals surface area contributed by atoms with Crippen molar-refractivity contribution in [3.05, 3.63) is 79.6 Å². The SMILES string of the molecule is C#CC1=C(C)NC2=C(C(=O)CC(c3ccc(Cl)cc3)C2)C1c1cc(OC)c(OC)cc1Br. The number of nitrogens with one attached hydrogen (secondary N) is 1. The number of methoxy groups -OCH3 is 2. The predicted molar refractivity (Wildman–Crippen MR) is 130 cm³/mol. The summed E-state index contributed by atoms with van der Waals surface area (Å²) in [6.07, 6.45) is 7.07. The molecule has 2 aromatic carbocycles. The molecule has 4 rings (SSSR count). The fraction of sp³-hybridized carbons (Fsp3) is 0.269. The maximum atomic E-state index is 13.5. The maximum Gasteiger partial charge on any atom is 0.162 e. The zero-order valence-electron chi connectivity index (χ0n) is 18.1. The molecule has 0 fully saturated rings. The lowest BCUT2D eigenvalue weighted by atomic mass is 9.72. The lowest BCUT2D eigenvalue weighted by molar-refractivity contribution is -0.116. The van der Waals surface area contributed by atoms with Crippen molar-refractivity contribution in [2.24, 2.45) is 0 Å². The molecular formula is C26H23BrClNO3. The first-order valence-corrected chi connectivity index (χ1v) is 11.4. The fourth-order valence-corrected chi connectivity index (χ4v) is 5.28. The second kappa shape index (κ2) is 9.05. The van der Waals surface area contributed by atoms with Gasteiger partial charge in [0.2, 0.25) is 0 Å². The topological polar surface area (TPSA) is 47.6 Å². The third-order valence-electron chi connectivity index (χ3n) is 6.14. The Balaban J connectivity index is 1.83. The molecule has 1 aliphatic heterocycles. The summed E-state index contributed by atoms with van der Waals surface area (Å²) in [7, 11) is 3.18. The molecule has 0 bridgehead atoms. The molecule has 6 heteroatoms. The van der Waals surface area contributed by atoms with Gasteiger partial charge in [-0.3, -0.25) is 4.79 Å². The van der Waals surface area contributed by atoms with E-state index in [2.05, 4.69) is 27.2 Å². The first kappa shape index (κ1) is 22.5. The van der Waals surface area contributed by atoms with Crippen LogP contribution in [0.25, 0.3) is 0 Å². The molecule has 1 heterocycles. The molecule has 1 N–H and O–H groups in total. The van der Waals surface area contributed by atoms with Crippen molar-refractivity contribution in [3.63, 3.8) is 0 Å². The minimum atomic E-state index is -0.357. The molecule has 0 radical (unpaired) electrons. The number of terminal acetylenes is 1. The Morgan fingerprint density at radius 2 is 1.78 bits per heavy atom. The number of carbonyl (C=O) groups excluding carboxylic acids is 1. The summed E-state index contributed by atoms with van der Waals surface area (Å²) in [6, 6.07) is 11.5. The van der Waals surface area contributed by atoms with Crippen molar-refractivity contribution in [2.75, 3.05) is 14.2 Å². The molecule has 0 saturated carbocycles. The van der Waals surface area contributed by atoms with Gasteiger partial charge in [-0.25, -0.2) is 0 Å². The highest BCUT2D eigenvalue weighted by atomic mass is 79.9. The molecule has 4 nitrogen and oxygen atoms in total. The van der Waals surface area contributed by atoms with Gasteiger partial charge in [0.25, 0.3) is 0 Å². The van der Waals surface area contributed by atoms with Gasteiger partial charge in [0.1, 0.15) is 0 Å². The number of carbonyl (C=O) groups is 1. The van der Waals surface area contributed by atoms with Crippen LogP contribution in [0.15, 0.2) is 63.4 Å². The first-order chi connectivity index (χ1) is 15.4. The Labute approximate surface area is 201 Å². The van der Waals surface area contributed by atoms with Crippen molar-refractivity contribution >= 4 is 33.3 Å². The minimum absolute atomic E-state index is 0.0840. The van der Waals surface area contributed by atoms with Crippen LogP contribution in [0.3, 0.4) is 0 Å². The van der Waals surface area contributed by atoms with E-state index in [9.17, 15) is 4.79 Å². The molecule has 0 saturated heterocycles. The standard InChI is InChI=1S/C26H23BrClNO3/c1-5-18-14(2)29-21-10-16(15-6-8-17(28)9-7-15)11-22(30)26(21)25(18)19-12-23(31-3)24(32-4)13-20(19)27/h1,6-9,12-13,16,25,29H,10-11H2,2-4H3. The Bertz CT molecular complexity index is 1190. The van der Waals surface area contributed by atoms with E-state index in [0.717, 1.165) is 44.6 Å². The van der Waals surface area contributed by atoms with Crippen LogP contribution in [0.5, 0.6) is 11.5 Å². The summed E-state index contributed by atoms with van der Waals surface area (Å²) in [6.45, 7) is 1.96. The summed E-state index contributed by atoms with van der Waals surface area (Å²) in [5.74, 6) is 3.83. The highest BCUT2D eigenvalue weighted by Crippen LogP contribution is 2.48. The van der Waals surface area contributed by atoms with Crippen molar-refractivity contribution in [2.45, 2.75) is 31.6 Å². The van der Waals surface area contributed by atoms with Crippen LogP contribution in [0, 0.1) is 12.3 Å². The van der Waals surface area contributed by atoms with Crippen LogP contribution in [0.1, 0.15) is 42.7 Å². The Hall–Kier alpha value is -2.68. The zero-order chi connectivity index (χ0) is 23.0. The summed E-state index contributed by atoms with van der Waals surface area (Å²) >= 11 is 9.71. The number of Topliss-reactive ketones (excluding diaryl/α,β-unsaturated/α-hetero) is 1. The molecule has 2 aromatic rings. The Morgan fingerprint density at radius 1 is 1.12 bits per heavy atom. The van der Waals surface area contributed by atoms with Crippen LogP contribution < -0.4 is 14.8 Å². The highest BCUT2D eigenvalue weighted by molar-refractivity contribution is 9.10. The highest BCUT2D eigenvalue weighted by Gasteiger charge is 2.39. The smallest absolute Gasteiger partial charge is 0.162 e. The third-order valence-corrected chi connectivity index (χ3v) is 7.08. The second-order valence-electron chi connectivity index (χ2n) is 7.94. The van der Waals surface area contributed by atoms with Gasteiger partial charge >= 0.3 is 0 Å². The number of dihydropyridines is 1. The molecular weight excluding hydrogens is 490 g/mol. The number of benzene rings is 2. The summed E-state index contributed by atoms with van der Waals surface area (Å²) < 4.78 is 11.8. The van der Waals surface area contributed by atoms with Gasteiger partial charge in [0.15, 0.2) is 17.3 Å². The number of allylic oxidation sites excluding steroid dienone is 4. The summed E-state index contributed by atoms with van der Waals surface area (Å²) in [5.41, 5.74) is 5.25. The molecule has 2 aliphatic rings. The van der Waals surface area contributed by atoms with Gasteiger partial charge in [-0.15, -0.1) is 6.42 Å². The van der Waals surface area contributed by atoms with E-state index in [-0.39, 0.29) is 17.6 Å². The maximum absolute atomic E-state index is 13.5. The van der Waals surface area contributed by atoms with Gasteiger partial charge in [-0.2, -0.15) is 0 Å². The molecule has 2 unspecified atom stereocenters. The van der Waals surface area contributed by atoms with Gasteiger partial charge in [0, 0.05) is 38.5 Å². The summed E-state index contributed by atoms with van der Waals surface area (Å²) in [4.78, 5) is 13.5. The molecule has 164 valence electrons. The van der Waals surface area contributed by atoms with Gasteiger partial charge in [0.05, 0.1) is 20.1 Å². The van der Waals surface area contributed by atoms with Gasteiger partial charge in [-0.1, -0.05) is 45.6 Å². The fourth-order valence-electron chi connectivity index (χ4n) is 4.60. The Morgan fingerprint density at radius 3 is 2.41 bits per heavy atom. The number of hydrogen-bond donors (Lipinski definition) is 1. The second-order valence-corrected chi connectivity index (χ2v) is 9.23. The lowest BCUT2D eigenvalue weighted by Crippen LogP contribution is -2.33. The number of rotatable bonds is 4. The molecule has 1 aliphatic carbocycles. The zero-order valence-corrected chi connectivity index (χ0v) is 20.4. The largest absolute Gasteiger partial charge is 0.493 e. The van der Waals surface area contributed by atoms with E-state index in [1.165, 1.54) is 0 Å². The average Bonchev–Trinajstić information content (AvgIpc) is 2.78. The minimum Gasteiger partial charge on any atom is -0.493 e. The molecule has 32 heavy (non-hydrogen) atoms. The number of ketones is 1. The lowest BCUT2D eigenvalue weighted by Gasteiger charge is -2.36. The van der Waals surface area contributed by atoms with Crippen LogP contribution >= 0.6 is 27.5 Å². The van der Waals surface area contributed by atoms with Gasteiger partial charge < -0.3 is 14.8 Å². The number of ether oxygens (including phenoxy) is 2. The van der Waals surface area contributed by atoms with E-state index in [1.807, 2.05) is 43.3 Å². The summed E-state index contributed by atoms with van der Waals surface area (Å²) in [5, 5.41) is 4.11. The van der Waals surface area contributed by atoms with E-state index < -0.39 is 0 Å². The molecule has 0 spiro atoms. The predicted octanol–water partition coefficient (Wildman–Crippen LogP) is 6.11. The van der Waals surface area contributed by atoms with E-state index >= 15 is 0 Å². The van der Waals surface area contributed by atoms with Crippen molar-refractivity contribution in [1.29, 1.82) is 0 Å². The first-order valence-electron chi connectivity index (χ1n) is 10.2. The Kier molecular flexibility index (Phi) is 6.37. The van der Waals surface area contributed by atoms with Crippen LogP contribution in [-0.4, -0.2) is 20.0 Å². The van der Waals surface area contributed by atoms with Crippen molar-refractivity contribution in [3.8, 4) is 23.8 Å². The van der Waals surface area contributed by atoms with Gasteiger partial charge in [-0.05, 0) is 54.7 Å². The van der Waals surface area contributed by atoms with Crippen LogP contribution in [-0.2, 0) is 4.79 Å². The van der Waals surface area contributed by atoms with Crippen LogP contribution in [0.4, 0.5) is 0 Å². The van der Waals surface area contributed by atoms with E-state index in [4.69, 9.17) is 27.5 Å². The number of hydrogen-bond acceptors (Lipinski definition) is 4. The van der Waals surface area contributed by atoms with E-state index in [0.29, 0.717) is 22.9 Å². The van der Waals surface area contributed by atoms with Crippen molar-refractivity contribution < 1.29 is 14.3 Å². The average molecular weight is 513 g/mol. The van der Waals surface area contributed by atoms with E-state index in [1.54, 1.807) is 14.2 Å². The molecule has 2 atom stereocenters.